The summed E-state index contributed by atoms with van der Waals surface area (Å²) < 4.78 is 7.36. The molecule has 0 spiro atoms. The Morgan fingerprint density at radius 3 is 2.75 bits per heavy atom. The number of nitrogens with zero attached hydrogens (tertiary/aromatic N) is 4. The molecule has 0 aromatic carbocycles. The lowest BCUT2D eigenvalue weighted by molar-refractivity contribution is -0.118. The second-order valence-electron chi connectivity index (χ2n) is 6.02. The predicted molar refractivity (Wildman–Crippen MR) is 95.0 cm³/mol. The van der Waals surface area contributed by atoms with Gasteiger partial charge in [-0.1, -0.05) is 0 Å². The van der Waals surface area contributed by atoms with Crippen LogP contribution in [0.25, 0.3) is 0 Å². The standard InChI is InChI=1S/C16H23N5O2S/c1-11-15(12(2)20(3)19-11)23-9-14(22)17-13-10-24-16(18-13)21-7-5-4-6-8-21/h10H,4-9H2,1-3H3,(H,17,22). The molecule has 130 valence electrons. The number of aromatic nitrogens is 3. The molecule has 0 atom stereocenters. The quantitative estimate of drug-likeness (QED) is 0.898. The zero-order valence-electron chi connectivity index (χ0n) is 14.3. The zero-order valence-corrected chi connectivity index (χ0v) is 15.2. The first-order valence-electron chi connectivity index (χ1n) is 8.18. The van der Waals surface area contributed by atoms with Gasteiger partial charge in [0, 0.05) is 25.5 Å². The molecule has 0 bridgehead atoms. The molecule has 0 saturated carbocycles. The van der Waals surface area contributed by atoms with E-state index in [-0.39, 0.29) is 12.5 Å². The molecule has 0 aliphatic carbocycles. The van der Waals surface area contributed by atoms with Crippen molar-refractivity contribution >= 4 is 28.2 Å². The lowest BCUT2D eigenvalue weighted by Gasteiger charge is -2.25. The molecule has 1 aliphatic rings. The van der Waals surface area contributed by atoms with Crippen molar-refractivity contribution in [3.63, 3.8) is 0 Å². The Bertz CT molecular complexity index is 718. The van der Waals surface area contributed by atoms with Crippen LogP contribution in [0.2, 0.25) is 0 Å². The van der Waals surface area contributed by atoms with Crippen LogP contribution in [0.15, 0.2) is 5.38 Å². The molecule has 1 fully saturated rings. The minimum Gasteiger partial charge on any atom is -0.480 e. The minimum absolute atomic E-state index is 0.0516. The number of aryl methyl sites for hydroxylation is 2. The maximum absolute atomic E-state index is 12.1. The molecule has 1 saturated heterocycles. The van der Waals surface area contributed by atoms with Crippen LogP contribution in [-0.2, 0) is 11.8 Å². The van der Waals surface area contributed by atoms with Crippen LogP contribution in [-0.4, -0.2) is 40.4 Å². The summed E-state index contributed by atoms with van der Waals surface area (Å²) in [4.78, 5) is 18.9. The summed E-state index contributed by atoms with van der Waals surface area (Å²) in [7, 11) is 1.85. The summed E-state index contributed by atoms with van der Waals surface area (Å²) in [6.07, 6.45) is 3.70. The molecular weight excluding hydrogens is 326 g/mol. The number of amides is 1. The first-order chi connectivity index (χ1) is 11.5. The van der Waals surface area contributed by atoms with Crippen LogP contribution in [0.5, 0.6) is 5.75 Å². The number of carbonyl (C=O) groups is 1. The number of hydrogen-bond donors (Lipinski definition) is 1. The number of hydrogen-bond acceptors (Lipinski definition) is 6. The van der Waals surface area contributed by atoms with Crippen LogP contribution in [0.1, 0.15) is 30.7 Å². The fraction of sp³-hybridized carbons (Fsp3) is 0.562. The van der Waals surface area contributed by atoms with E-state index < -0.39 is 0 Å². The smallest absolute Gasteiger partial charge is 0.263 e. The van der Waals surface area contributed by atoms with E-state index in [0.717, 1.165) is 29.6 Å². The monoisotopic (exact) mass is 349 g/mol. The Morgan fingerprint density at radius 2 is 2.08 bits per heavy atom. The highest BCUT2D eigenvalue weighted by molar-refractivity contribution is 7.14. The molecular formula is C16H23N5O2S. The highest BCUT2D eigenvalue weighted by atomic mass is 32.1. The second-order valence-corrected chi connectivity index (χ2v) is 6.86. The van der Waals surface area contributed by atoms with Crippen LogP contribution in [0.4, 0.5) is 10.9 Å². The Kier molecular flexibility index (Phi) is 5.03. The average molecular weight is 349 g/mol. The van der Waals surface area contributed by atoms with Gasteiger partial charge in [-0.2, -0.15) is 5.10 Å². The lowest BCUT2D eigenvalue weighted by atomic mass is 10.1. The van der Waals surface area contributed by atoms with Crippen molar-refractivity contribution in [2.75, 3.05) is 29.9 Å². The van der Waals surface area contributed by atoms with Crippen molar-refractivity contribution in [1.82, 2.24) is 14.8 Å². The summed E-state index contributed by atoms with van der Waals surface area (Å²) in [5.41, 5.74) is 1.69. The van der Waals surface area contributed by atoms with Gasteiger partial charge in [-0.15, -0.1) is 11.3 Å². The van der Waals surface area contributed by atoms with Gasteiger partial charge >= 0.3 is 0 Å². The molecule has 1 aliphatic heterocycles. The summed E-state index contributed by atoms with van der Waals surface area (Å²) in [6, 6.07) is 0. The molecule has 0 radical (unpaired) electrons. The number of anilines is 2. The Balaban J connectivity index is 1.54. The first kappa shape index (κ1) is 16.8. The Morgan fingerprint density at radius 1 is 1.33 bits per heavy atom. The second kappa shape index (κ2) is 7.21. The summed E-state index contributed by atoms with van der Waals surface area (Å²) in [6.45, 7) is 5.82. The number of ether oxygens (including phenoxy) is 1. The third-order valence-corrected chi connectivity index (χ3v) is 5.08. The molecule has 1 N–H and O–H groups in total. The maximum Gasteiger partial charge on any atom is 0.263 e. The molecule has 2 aromatic rings. The predicted octanol–water partition coefficient (Wildman–Crippen LogP) is 2.50. The number of nitrogens with one attached hydrogen (secondary N) is 1. The van der Waals surface area contributed by atoms with E-state index in [1.54, 1.807) is 16.0 Å². The van der Waals surface area contributed by atoms with Gasteiger partial charge < -0.3 is 15.0 Å². The first-order valence-corrected chi connectivity index (χ1v) is 9.06. The molecule has 24 heavy (non-hydrogen) atoms. The number of rotatable bonds is 5. The van der Waals surface area contributed by atoms with Crippen molar-refractivity contribution < 1.29 is 9.53 Å². The molecule has 0 unspecified atom stereocenters. The van der Waals surface area contributed by atoms with Gasteiger partial charge in [-0.3, -0.25) is 9.48 Å². The van der Waals surface area contributed by atoms with E-state index in [1.807, 2.05) is 26.3 Å². The third-order valence-electron chi connectivity index (χ3n) is 4.18. The molecule has 3 rings (SSSR count). The Labute approximate surface area is 145 Å². The maximum atomic E-state index is 12.1. The summed E-state index contributed by atoms with van der Waals surface area (Å²) in [5, 5.41) is 9.92. The number of carbonyl (C=O) groups excluding carboxylic acids is 1. The van der Waals surface area contributed by atoms with Crippen molar-refractivity contribution in [2.45, 2.75) is 33.1 Å². The van der Waals surface area contributed by atoms with E-state index in [9.17, 15) is 4.79 Å². The number of piperidine rings is 1. The highest BCUT2D eigenvalue weighted by Crippen LogP contribution is 2.26. The summed E-state index contributed by atoms with van der Waals surface area (Å²) >= 11 is 1.57. The zero-order chi connectivity index (χ0) is 17.1. The fourth-order valence-electron chi connectivity index (χ4n) is 2.83. The lowest BCUT2D eigenvalue weighted by Crippen LogP contribution is -2.29. The largest absolute Gasteiger partial charge is 0.480 e. The van der Waals surface area contributed by atoms with Crippen LogP contribution in [0, 0.1) is 13.8 Å². The molecule has 2 aromatic heterocycles. The molecule has 3 heterocycles. The summed E-state index contributed by atoms with van der Waals surface area (Å²) in [5.74, 6) is 1.04. The van der Waals surface area contributed by atoms with E-state index >= 15 is 0 Å². The SMILES string of the molecule is Cc1nn(C)c(C)c1OCC(=O)Nc1csc(N2CCCCC2)n1. The van der Waals surface area contributed by atoms with Gasteiger partial charge in [0.2, 0.25) is 0 Å². The van der Waals surface area contributed by atoms with Gasteiger partial charge in [0.1, 0.15) is 11.5 Å². The Hall–Kier alpha value is -2.09. The molecule has 1 amide bonds. The van der Waals surface area contributed by atoms with E-state index in [4.69, 9.17) is 4.74 Å². The van der Waals surface area contributed by atoms with E-state index in [0.29, 0.717) is 11.6 Å². The van der Waals surface area contributed by atoms with Crippen LogP contribution >= 0.6 is 11.3 Å². The van der Waals surface area contributed by atoms with Gasteiger partial charge in [-0.25, -0.2) is 4.98 Å². The van der Waals surface area contributed by atoms with Crippen molar-refractivity contribution in [1.29, 1.82) is 0 Å². The van der Waals surface area contributed by atoms with E-state index in [2.05, 4.69) is 20.3 Å². The van der Waals surface area contributed by atoms with E-state index in [1.165, 1.54) is 19.3 Å². The fourth-order valence-corrected chi connectivity index (χ4v) is 3.64. The minimum atomic E-state index is -0.215. The molecule has 7 nitrogen and oxygen atoms in total. The van der Waals surface area contributed by atoms with Crippen molar-refractivity contribution in [3.8, 4) is 5.75 Å². The van der Waals surface area contributed by atoms with Gasteiger partial charge in [-0.05, 0) is 33.1 Å². The normalized spacial score (nSPS) is 14.7. The van der Waals surface area contributed by atoms with Gasteiger partial charge in [0.15, 0.2) is 17.5 Å². The topological polar surface area (TPSA) is 72.3 Å². The van der Waals surface area contributed by atoms with Crippen molar-refractivity contribution in [2.24, 2.45) is 7.05 Å². The molecule has 8 heteroatoms. The van der Waals surface area contributed by atoms with Crippen LogP contribution in [0.3, 0.4) is 0 Å². The van der Waals surface area contributed by atoms with Gasteiger partial charge in [0.05, 0.1) is 5.69 Å². The number of thiazole rings is 1. The highest BCUT2D eigenvalue weighted by Gasteiger charge is 2.16. The average Bonchev–Trinajstić information content (AvgIpc) is 3.12. The van der Waals surface area contributed by atoms with Crippen LogP contribution < -0.4 is 15.0 Å². The van der Waals surface area contributed by atoms with Gasteiger partial charge in [0.25, 0.3) is 5.91 Å². The van der Waals surface area contributed by atoms with Crippen molar-refractivity contribution in [3.05, 3.63) is 16.8 Å². The third kappa shape index (κ3) is 3.69.